The lowest BCUT2D eigenvalue weighted by Crippen LogP contribution is -2.10. The van der Waals surface area contributed by atoms with Crippen LogP contribution in [0.1, 0.15) is 41.4 Å². The van der Waals surface area contributed by atoms with Gasteiger partial charge in [0.2, 0.25) is 5.89 Å². The number of benzene rings is 3. The summed E-state index contributed by atoms with van der Waals surface area (Å²) in [6.45, 7) is 4.34. The van der Waals surface area contributed by atoms with Gasteiger partial charge in [0.1, 0.15) is 15.1 Å². The topological polar surface area (TPSA) is 98.3 Å². The molecule has 0 aliphatic heterocycles. The van der Waals surface area contributed by atoms with Crippen molar-refractivity contribution in [2.45, 2.75) is 26.2 Å². The number of nitro groups is 1. The number of oxazole rings is 1. The second kappa shape index (κ2) is 9.13. The molecule has 1 atom stereocenters. The highest BCUT2D eigenvalue weighted by Gasteiger charge is 2.23. The Balaban J connectivity index is 1.38. The molecule has 1 N–H and O–H groups in total. The van der Waals surface area contributed by atoms with Crippen LogP contribution < -0.4 is 5.32 Å². The van der Waals surface area contributed by atoms with Crippen LogP contribution in [0.5, 0.6) is 0 Å². The van der Waals surface area contributed by atoms with Crippen LogP contribution in [0.4, 0.5) is 11.4 Å². The third kappa shape index (κ3) is 4.26. The molecule has 2 aromatic heterocycles. The largest absolute Gasteiger partial charge is 0.436 e. The van der Waals surface area contributed by atoms with Crippen molar-refractivity contribution in [2.24, 2.45) is 0 Å². The number of halogens is 1. The number of thiophene rings is 1. The van der Waals surface area contributed by atoms with Crippen LogP contribution in [0.15, 0.2) is 65.1 Å². The Labute approximate surface area is 209 Å². The molecule has 176 valence electrons. The zero-order valence-electron chi connectivity index (χ0n) is 18.9. The smallest absolute Gasteiger partial charge is 0.287 e. The lowest BCUT2D eigenvalue weighted by atomic mass is 9.98. The maximum absolute atomic E-state index is 12.9. The number of carbonyl (C=O) groups is 1. The van der Waals surface area contributed by atoms with Crippen molar-refractivity contribution in [3.63, 3.8) is 0 Å². The zero-order chi connectivity index (χ0) is 24.7. The van der Waals surface area contributed by atoms with Gasteiger partial charge in [-0.05, 0) is 54.3 Å². The van der Waals surface area contributed by atoms with E-state index in [0.717, 1.165) is 34.4 Å². The summed E-state index contributed by atoms with van der Waals surface area (Å²) in [7, 11) is 0. The molecule has 1 unspecified atom stereocenters. The monoisotopic (exact) mass is 505 g/mol. The van der Waals surface area contributed by atoms with Crippen LogP contribution in [0.3, 0.4) is 0 Å². The number of nitrogens with one attached hydrogen (secondary N) is 1. The van der Waals surface area contributed by atoms with Crippen LogP contribution in [0, 0.1) is 10.1 Å². The van der Waals surface area contributed by atoms with Gasteiger partial charge in [-0.25, -0.2) is 4.98 Å². The minimum Gasteiger partial charge on any atom is -0.436 e. The summed E-state index contributed by atoms with van der Waals surface area (Å²) < 4.78 is 6.29. The van der Waals surface area contributed by atoms with Gasteiger partial charge >= 0.3 is 0 Å². The van der Waals surface area contributed by atoms with Gasteiger partial charge in [0, 0.05) is 22.7 Å². The van der Waals surface area contributed by atoms with Crippen molar-refractivity contribution in [1.82, 2.24) is 4.98 Å². The van der Waals surface area contributed by atoms with Gasteiger partial charge in [-0.3, -0.25) is 14.9 Å². The quantitative estimate of drug-likeness (QED) is 0.186. The summed E-state index contributed by atoms with van der Waals surface area (Å²) in [6.07, 6.45) is 1.05. The molecule has 0 saturated carbocycles. The second-order valence-electron chi connectivity index (χ2n) is 8.24. The fourth-order valence-corrected chi connectivity index (χ4v) is 5.35. The summed E-state index contributed by atoms with van der Waals surface area (Å²) in [4.78, 5) is 28.6. The molecule has 3 aromatic carbocycles. The minimum atomic E-state index is -0.479. The van der Waals surface area contributed by atoms with Crippen molar-refractivity contribution in [3.8, 4) is 11.5 Å². The predicted octanol–water partition coefficient (Wildman–Crippen LogP) is 8.04. The van der Waals surface area contributed by atoms with Gasteiger partial charge in [-0.2, -0.15) is 0 Å². The van der Waals surface area contributed by atoms with Crippen molar-refractivity contribution in [2.75, 3.05) is 5.32 Å². The van der Waals surface area contributed by atoms with E-state index in [4.69, 9.17) is 16.0 Å². The Morgan fingerprint density at radius 2 is 1.97 bits per heavy atom. The molecule has 2 heterocycles. The third-order valence-electron chi connectivity index (χ3n) is 6.02. The van der Waals surface area contributed by atoms with E-state index in [1.165, 1.54) is 11.6 Å². The van der Waals surface area contributed by atoms with Crippen LogP contribution >= 0.6 is 22.9 Å². The van der Waals surface area contributed by atoms with E-state index < -0.39 is 10.8 Å². The molecule has 0 bridgehead atoms. The molecule has 5 rings (SSSR count). The molecule has 7 nitrogen and oxygen atoms in total. The average Bonchev–Trinajstić information content (AvgIpc) is 3.44. The van der Waals surface area contributed by atoms with Gasteiger partial charge in [0.15, 0.2) is 5.58 Å². The molecule has 1 amide bonds. The summed E-state index contributed by atoms with van der Waals surface area (Å²) >= 11 is 7.39. The highest BCUT2D eigenvalue weighted by atomic mass is 35.5. The van der Waals surface area contributed by atoms with Crippen molar-refractivity contribution < 1.29 is 14.1 Å². The molecule has 0 radical (unpaired) electrons. The Morgan fingerprint density at radius 3 is 2.69 bits per heavy atom. The lowest BCUT2D eigenvalue weighted by molar-refractivity contribution is -0.382. The Bertz CT molecular complexity index is 1590. The first-order chi connectivity index (χ1) is 16.9. The molecular formula is C26H20ClN3O4S. The highest BCUT2D eigenvalue weighted by Crippen LogP contribution is 2.40. The number of nitrogens with zero attached hydrogens (tertiary/aromatic N) is 2. The number of anilines is 1. The van der Waals surface area contributed by atoms with Crippen molar-refractivity contribution in [3.05, 3.63) is 86.2 Å². The Hall–Kier alpha value is -3.75. The van der Waals surface area contributed by atoms with Gasteiger partial charge in [0.05, 0.1) is 9.95 Å². The highest BCUT2D eigenvalue weighted by molar-refractivity contribution is 7.22. The lowest BCUT2D eigenvalue weighted by Gasteiger charge is -2.07. The zero-order valence-corrected chi connectivity index (χ0v) is 20.4. The van der Waals surface area contributed by atoms with Gasteiger partial charge in [0.25, 0.3) is 11.6 Å². The molecule has 35 heavy (non-hydrogen) atoms. The first kappa shape index (κ1) is 23.0. The van der Waals surface area contributed by atoms with Crippen LogP contribution in [-0.4, -0.2) is 15.8 Å². The Kier molecular flexibility index (Phi) is 6.00. The number of rotatable bonds is 6. The van der Waals surface area contributed by atoms with E-state index in [-0.39, 0.29) is 15.6 Å². The maximum Gasteiger partial charge on any atom is 0.287 e. The molecule has 0 spiro atoms. The molecule has 9 heteroatoms. The predicted molar refractivity (Wildman–Crippen MR) is 140 cm³/mol. The van der Waals surface area contributed by atoms with Crippen LogP contribution in [-0.2, 0) is 0 Å². The fraction of sp³-hybridized carbons (Fsp3) is 0.154. The van der Waals surface area contributed by atoms with Crippen molar-refractivity contribution in [1.29, 1.82) is 0 Å². The molecular weight excluding hydrogens is 486 g/mol. The number of hydrogen-bond acceptors (Lipinski definition) is 6. The number of aromatic nitrogens is 1. The normalized spacial score (nSPS) is 12.2. The first-order valence-corrected chi connectivity index (χ1v) is 12.2. The summed E-state index contributed by atoms with van der Waals surface area (Å²) in [6, 6.07) is 17.8. The van der Waals surface area contributed by atoms with Crippen LogP contribution in [0.25, 0.3) is 32.6 Å². The average molecular weight is 506 g/mol. The number of hydrogen-bond donors (Lipinski definition) is 1. The van der Waals surface area contributed by atoms with Crippen molar-refractivity contribution >= 4 is 61.4 Å². The van der Waals surface area contributed by atoms with E-state index in [2.05, 4.69) is 36.3 Å². The number of fused-ring (bicyclic) bond motifs is 2. The number of nitro benzene ring substituents is 1. The number of amides is 1. The van der Waals surface area contributed by atoms with E-state index in [9.17, 15) is 14.9 Å². The van der Waals surface area contributed by atoms with Gasteiger partial charge < -0.3 is 9.73 Å². The van der Waals surface area contributed by atoms with E-state index in [1.807, 2.05) is 18.2 Å². The summed E-state index contributed by atoms with van der Waals surface area (Å²) in [5.41, 5.74) is 4.01. The molecule has 5 aromatic rings. The fourth-order valence-electron chi connectivity index (χ4n) is 3.86. The second-order valence-corrected chi connectivity index (χ2v) is 9.64. The van der Waals surface area contributed by atoms with Gasteiger partial charge in [-0.15, -0.1) is 11.3 Å². The van der Waals surface area contributed by atoms with E-state index >= 15 is 0 Å². The SMILES string of the molecule is CCC(C)c1ccc2oc(-c3ccc(NC(=O)c4sc5c([N+](=O)[O-])cccc5c4Cl)cc3)nc2c1. The summed E-state index contributed by atoms with van der Waals surface area (Å²) in [5.74, 6) is 0.514. The molecule has 0 saturated heterocycles. The van der Waals surface area contributed by atoms with E-state index in [1.54, 1.807) is 24.3 Å². The minimum absolute atomic E-state index is 0.0765. The van der Waals surface area contributed by atoms with Crippen LogP contribution in [0.2, 0.25) is 5.02 Å². The molecule has 0 aliphatic rings. The standard InChI is InChI=1S/C26H20ClN3O4S/c1-3-14(2)16-9-12-21-19(13-16)29-26(34-21)15-7-10-17(11-8-15)28-25(31)24-22(27)18-5-4-6-20(30(32)33)23(18)35-24/h4-14H,3H2,1-2H3,(H,28,31). The maximum atomic E-state index is 12.9. The number of non-ortho nitro benzene ring substituents is 1. The Morgan fingerprint density at radius 1 is 1.20 bits per heavy atom. The summed E-state index contributed by atoms with van der Waals surface area (Å²) in [5, 5.41) is 14.8. The van der Waals surface area contributed by atoms with Gasteiger partial charge in [-0.1, -0.05) is 43.6 Å². The molecule has 0 aliphatic carbocycles. The molecule has 0 fully saturated rings. The third-order valence-corrected chi connectivity index (χ3v) is 7.75. The first-order valence-electron chi connectivity index (χ1n) is 11.0. The van der Waals surface area contributed by atoms with E-state index in [0.29, 0.717) is 27.6 Å². The number of carbonyl (C=O) groups excluding carboxylic acids is 1.